The molecule has 0 N–H and O–H groups in total. The zero-order chi connectivity index (χ0) is 9.14. The lowest BCUT2D eigenvalue weighted by molar-refractivity contribution is -0.167. The summed E-state index contributed by atoms with van der Waals surface area (Å²) < 4.78 is 27.7. The summed E-state index contributed by atoms with van der Waals surface area (Å²) >= 11 is 0. The molecular formula is C6H7F2NO3. The van der Waals surface area contributed by atoms with Crippen molar-refractivity contribution in [2.24, 2.45) is 0 Å². The first kappa shape index (κ1) is 9.05. The number of morpholine rings is 1. The van der Waals surface area contributed by atoms with Gasteiger partial charge in [-0.15, -0.1) is 0 Å². The van der Waals surface area contributed by atoms with E-state index >= 15 is 0 Å². The van der Waals surface area contributed by atoms with Gasteiger partial charge in [0.05, 0.1) is 19.6 Å². The largest absolute Gasteiger partial charge is 0.391 e. The summed E-state index contributed by atoms with van der Waals surface area (Å²) in [6, 6.07) is 0. The average Bonchev–Trinajstić information content (AvgIpc) is 1.81. The number of ether oxygens (including phenoxy) is 1. The van der Waals surface area contributed by atoms with E-state index < -0.39 is 24.9 Å². The summed E-state index contributed by atoms with van der Waals surface area (Å²) in [5.41, 5.74) is 0. The third kappa shape index (κ3) is 2.54. The predicted molar refractivity (Wildman–Crippen MR) is 33.5 cm³/mol. The quantitative estimate of drug-likeness (QED) is 0.429. The van der Waals surface area contributed by atoms with E-state index in [1.807, 2.05) is 0 Å². The van der Waals surface area contributed by atoms with Crippen molar-refractivity contribution in [2.75, 3.05) is 19.6 Å². The Labute approximate surface area is 67.1 Å². The number of halogens is 2. The minimum atomic E-state index is -2.54. The van der Waals surface area contributed by atoms with Crippen LogP contribution >= 0.6 is 0 Å². The summed E-state index contributed by atoms with van der Waals surface area (Å²) in [5, 5.41) is 0. The molecule has 0 atom stereocenters. The Morgan fingerprint density at radius 3 is 2.25 bits per heavy atom. The van der Waals surface area contributed by atoms with Crippen molar-refractivity contribution in [1.82, 2.24) is 4.90 Å². The molecule has 12 heavy (non-hydrogen) atoms. The summed E-state index contributed by atoms with van der Waals surface area (Å²) in [6.45, 7) is -1.05. The predicted octanol–water partition coefficient (Wildman–Crippen LogP) is -0.363. The van der Waals surface area contributed by atoms with Crippen molar-refractivity contribution in [3.63, 3.8) is 0 Å². The van der Waals surface area contributed by atoms with Crippen molar-refractivity contribution in [2.45, 2.75) is 6.43 Å². The number of carbonyl (C=O) groups excluding carboxylic acids is 2. The van der Waals surface area contributed by atoms with E-state index in [-0.39, 0.29) is 13.1 Å². The number of rotatable bonds is 2. The highest BCUT2D eigenvalue weighted by Crippen LogP contribution is 2.03. The molecule has 1 aliphatic heterocycles. The fourth-order valence-corrected chi connectivity index (χ4v) is 0.937. The third-order valence-corrected chi connectivity index (χ3v) is 1.33. The maximum Gasteiger partial charge on any atom is 0.327 e. The highest BCUT2D eigenvalue weighted by atomic mass is 19.3. The Morgan fingerprint density at radius 2 is 1.83 bits per heavy atom. The number of cyclic esters (lactones) is 2. The van der Waals surface area contributed by atoms with Crippen molar-refractivity contribution in [3.05, 3.63) is 0 Å². The van der Waals surface area contributed by atoms with Crippen LogP contribution < -0.4 is 0 Å². The molecule has 0 amide bonds. The summed E-state index contributed by atoms with van der Waals surface area (Å²) in [5.74, 6) is -1.54. The van der Waals surface area contributed by atoms with E-state index in [1.165, 1.54) is 0 Å². The number of carbonyl (C=O) groups is 2. The molecular weight excluding hydrogens is 172 g/mol. The van der Waals surface area contributed by atoms with Gasteiger partial charge in [-0.05, 0) is 0 Å². The van der Waals surface area contributed by atoms with Crippen LogP contribution in [0.3, 0.4) is 0 Å². The molecule has 0 radical (unpaired) electrons. The van der Waals surface area contributed by atoms with Crippen LogP contribution in [-0.4, -0.2) is 42.9 Å². The molecule has 6 heteroatoms. The minimum Gasteiger partial charge on any atom is -0.391 e. The standard InChI is InChI=1S/C6H7F2NO3/c7-4(8)1-9-2-5(10)12-6(11)3-9/h4H,1-3H2. The van der Waals surface area contributed by atoms with Crippen LogP contribution in [-0.2, 0) is 14.3 Å². The molecule has 68 valence electrons. The summed E-state index contributed by atoms with van der Waals surface area (Å²) in [6.07, 6.45) is -2.54. The van der Waals surface area contributed by atoms with Gasteiger partial charge in [0.15, 0.2) is 0 Å². The van der Waals surface area contributed by atoms with Gasteiger partial charge in [-0.1, -0.05) is 0 Å². The molecule has 0 unspecified atom stereocenters. The van der Waals surface area contributed by atoms with Crippen molar-refractivity contribution in [1.29, 1.82) is 0 Å². The molecule has 0 aliphatic carbocycles. The Morgan fingerprint density at radius 1 is 1.33 bits per heavy atom. The van der Waals surface area contributed by atoms with Crippen molar-refractivity contribution in [3.8, 4) is 0 Å². The lowest BCUT2D eigenvalue weighted by Crippen LogP contribution is -2.44. The second kappa shape index (κ2) is 3.57. The van der Waals surface area contributed by atoms with E-state index in [0.29, 0.717) is 0 Å². The van der Waals surface area contributed by atoms with Crippen LogP contribution in [0.1, 0.15) is 0 Å². The van der Waals surface area contributed by atoms with Crippen LogP contribution in [0.2, 0.25) is 0 Å². The number of hydrogen-bond donors (Lipinski definition) is 0. The first-order valence-corrected chi connectivity index (χ1v) is 3.32. The second-order valence-corrected chi connectivity index (χ2v) is 2.41. The Balaban J connectivity index is 2.44. The van der Waals surface area contributed by atoms with Gasteiger partial charge < -0.3 is 4.74 Å². The van der Waals surface area contributed by atoms with Gasteiger partial charge in [0.25, 0.3) is 6.43 Å². The maximum atomic E-state index is 11.8. The molecule has 0 saturated carbocycles. The van der Waals surface area contributed by atoms with Crippen LogP contribution in [0.25, 0.3) is 0 Å². The van der Waals surface area contributed by atoms with Gasteiger partial charge in [0.2, 0.25) is 0 Å². The molecule has 1 fully saturated rings. The zero-order valence-electron chi connectivity index (χ0n) is 6.13. The van der Waals surface area contributed by atoms with E-state index in [0.717, 1.165) is 4.90 Å². The third-order valence-electron chi connectivity index (χ3n) is 1.33. The molecule has 1 rings (SSSR count). The van der Waals surface area contributed by atoms with E-state index in [1.54, 1.807) is 0 Å². The first-order valence-electron chi connectivity index (χ1n) is 3.32. The van der Waals surface area contributed by atoms with Crippen LogP contribution in [0.4, 0.5) is 8.78 Å². The van der Waals surface area contributed by atoms with Gasteiger partial charge >= 0.3 is 11.9 Å². The summed E-state index contributed by atoms with van der Waals surface area (Å²) in [7, 11) is 0. The minimum absolute atomic E-state index is 0.240. The Bertz CT molecular complexity index is 191. The normalized spacial score (nSPS) is 19.9. The molecule has 4 nitrogen and oxygen atoms in total. The van der Waals surface area contributed by atoms with Gasteiger partial charge in [0, 0.05) is 0 Å². The molecule has 1 heterocycles. The first-order chi connectivity index (χ1) is 5.58. The lowest BCUT2D eigenvalue weighted by atomic mass is 10.4. The monoisotopic (exact) mass is 179 g/mol. The van der Waals surface area contributed by atoms with Gasteiger partial charge in [0.1, 0.15) is 0 Å². The van der Waals surface area contributed by atoms with E-state index in [4.69, 9.17) is 0 Å². The topological polar surface area (TPSA) is 46.6 Å². The summed E-state index contributed by atoms with van der Waals surface area (Å²) in [4.78, 5) is 22.1. The van der Waals surface area contributed by atoms with Crippen LogP contribution in [0, 0.1) is 0 Å². The van der Waals surface area contributed by atoms with Crippen LogP contribution in [0.15, 0.2) is 0 Å². The van der Waals surface area contributed by atoms with E-state index in [9.17, 15) is 18.4 Å². The SMILES string of the molecule is O=C1CN(CC(F)F)CC(=O)O1. The fourth-order valence-electron chi connectivity index (χ4n) is 0.937. The number of alkyl halides is 2. The number of hydrogen-bond acceptors (Lipinski definition) is 4. The highest BCUT2D eigenvalue weighted by Gasteiger charge is 2.26. The molecule has 1 aliphatic rings. The molecule has 0 bridgehead atoms. The average molecular weight is 179 g/mol. The van der Waals surface area contributed by atoms with Crippen LogP contribution in [0.5, 0.6) is 0 Å². The molecule has 0 aromatic carbocycles. The molecule has 1 saturated heterocycles. The zero-order valence-corrected chi connectivity index (χ0v) is 6.13. The smallest absolute Gasteiger partial charge is 0.327 e. The Kier molecular flexibility index (Phi) is 2.69. The molecule has 0 spiro atoms. The Hall–Kier alpha value is -1.04. The lowest BCUT2D eigenvalue weighted by Gasteiger charge is -2.23. The van der Waals surface area contributed by atoms with Crippen molar-refractivity contribution >= 4 is 11.9 Å². The highest BCUT2D eigenvalue weighted by molar-refractivity contribution is 5.90. The number of nitrogens with zero attached hydrogens (tertiary/aromatic N) is 1. The number of esters is 2. The fraction of sp³-hybridized carbons (Fsp3) is 0.667. The van der Waals surface area contributed by atoms with Gasteiger partial charge in [-0.3, -0.25) is 14.5 Å². The molecule has 0 aromatic rings. The van der Waals surface area contributed by atoms with Gasteiger partial charge in [-0.25, -0.2) is 8.78 Å². The molecule has 0 aromatic heterocycles. The second-order valence-electron chi connectivity index (χ2n) is 2.41. The van der Waals surface area contributed by atoms with Gasteiger partial charge in [-0.2, -0.15) is 0 Å². The van der Waals surface area contributed by atoms with Crippen molar-refractivity contribution < 1.29 is 23.1 Å². The van der Waals surface area contributed by atoms with E-state index in [2.05, 4.69) is 4.74 Å². The maximum absolute atomic E-state index is 11.8.